The monoisotopic (exact) mass is 467 g/mol. The maximum absolute atomic E-state index is 12.9. The topological polar surface area (TPSA) is 90.5 Å². The van der Waals surface area contributed by atoms with E-state index in [1.807, 2.05) is 71.4 Å². The molecule has 0 atom stereocenters. The zero-order valence-corrected chi connectivity index (χ0v) is 19.0. The van der Waals surface area contributed by atoms with Gasteiger partial charge in [0.05, 0.1) is 34.4 Å². The highest BCUT2D eigenvalue weighted by atomic mass is 32.2. The van der Waals surface area contributed by atoms with Crippen molar-refractivity contribution in [3.8, 4) is 11.4 Å². The molecule has 34 heavy (non-hydrogen) atoms. The van der Waals surface area contributed by atoms with E-state index in [0.29, 0.717) is 17.4 Å². The maximum atomic E-state index is 12.9. The fourth-order valence-corrected chi connectivity index (χ4v) is 4.60. The molecule has 8 nitrogen and oxygen atoms in total. The van der Waals surface area contributed by atoms with Crippen LogP contribution in [0.5, 0.6) is 0 Å². The molecule has 0 bridgehead atoms. The summed E-state index contributed by atoms with van der Waals surface area (Å²) in [7, 11) is 0. The Bertz CT molecular complexity index is 1460. The Hall–Kier alpha value is -3.98. The molecule has 1 aliphatic rings. The summed E-state index contributed by atoms with van der Waals surface area (Å²) in [5, 5.41) is 13.8. The molecule has 0 unspecified atom stereocenters. The predicted octanol–water partition coefficient (Wildman–Crippen LogP) is 4.61. The van der Waals surface area contributed by atoms with Gasteiger partial charge in [-0.05, 0) is 37.1 Å². The number of nitrogens with zero attached hydrogens (tertiary/aromatic N) is 6. The van der Waals surface area contributed by atoms with Crippen LogP contribution in [0, 0.1) is 0 Å². The molecule has 1 aliphatic carbocycles. The number of nitrogens with one attached hydrogen (secondary N) is 1. The normalized spacial score (nSPS) is 13.3. The number of thioether (sulfide) groups is 1. The Morgan fingerprint density at radius 3 is 2.38 bits per heavy atom. The number of anilines is 1. The maximum Gasteiger partial charge on any atom is 0.235 e. The van der Waals surface area contributed by atoms with Gasteiger partial charge in [0.1, 0.15) is 17.2 Å². The molecule has 0 saturated heterocycles. The molecule has 9 heteroatoms. The van der Waals surface area contributed by atoms with Crippen LogP contribution in [0.15, 0.2) is 84.3 Å². The minimum Gasteiger partial charge on any atom is -0.310 e. The molecule has 0 radical (unpaired) electrons. The van der Waals surface area contributed by atoms with E-state index in [1.54, 1.807) is 10.9 Å². The third-order valence-corrected chi connectivity index (χ3v) is 6.67. The van der Waals surface area contributed by atoms with Crippen molar-refractivity contribution in [2.45, 2.75) is 23.8 Å². The van der Waals surface area contributed by atoms with Crippen LogP contribution in [-0.2, 0) is 4.79 Å². The molecule has 0 spiro atoms. The van der Waals surface area contributed by atoms with Gasteiger partial charge in [0, 0.05) is 12.0 Å². The lowest BCUT2D eigenvalue weighted by Gasteiger charge is -2.09. The molecular formula is C25H21N7OS. The number of hydrogen-bond acceptors (Lipinski definition) is 6. The minimum absolute atomic E-state index is 0.119. The van der Waals surface area contributed by atoms with Crippen LogP contribution in [0.2, 0.25) is 0 Å². The van der Waals surface area contributed by atoms with Crippen LogP contribution in [-0.4, -0.2) is 41.2 Å². The summed E-state index contributed by atoms with van der Waals surface area (Å²) in [6.07, 6.45) is 5.55. The first-order valence-electron chi connectivity index (χ1n) is 11.1. The molecule has 1 saturated carbocycles. The van der Waals surface area contributed by atoms with E-state index in [4.69, 9.17) is 5.10 Å². The molecule has 0 aliphatic heterocycles. The molecule has 5 aromatic rings. The number of aromatic nitrogens is 6. The predicted molar refractivity (Wildman–Crippen MR) is 132 cm³/mol. The molecule has 1 amide bonds. The number of hydrogen-bond donors (Lipinski definition) is 1. The number of carbonyl (C=O) groups is 1. The first kappa shape index (κ1) is 20.6. The van der Waals surface area contributed by atoms with Gasteiger partial charge in [-0.15, -0.1) is 0 Å². The lowest BCUT2D eigenvalue weighted by atomic mass is 10.3. The van der Waals surface area contributed by atoms with Crippen molar-refractivity contribution in [3.63, 3.8) is 0 Å². The zero-order valence-electron chi connectivity index (χ0n) is 18.2. The first-order chi connectivity index (χ1) is 16.8. The van der Waals surface area contributed by atoms with Gasteiger partial charge < -0.3 is 5.32 Å². The second-order valence-electron chi connectivity index (χ2n) is 8.12. The number of amides is 1. The molecule has 1 N–H and O–H groups in total. The number of rotatable bonds is 7. The van der Waals surface area contributed by atoms with Gasteiger partial charge in [-0.25, -0.2) is 19.3 Å². The third kappa shape index (κ3) is 4.06. The highest BCUT2D eigenvalue weighted by Gasteiger charge is 2.28. The highest BCUT2D eigenvalue weighted by Crippen LogP contribution is 2.40. The smallest absolute Gasteiger partial charge is 0.235 e. The van der Waals surface area contributed by atoms with Gasteiger partial charge in [-0.3, -0.25) is 4.79 Å². The molecular weight excluding hydrogens is 446 g/mol. The molecule has 2 aromatic carbocycles. The second-order valence-corrected chi connectivity index (χ2v) is 9.08. The number of benzene rings is 2. The van der Waals surface area contributed by atoms with Crippen LogP contribution in [0.1, 0.15) is 24.5 Å². The van der Waals surface area contributed by atoms with Crippen LogP contribution >= 0.6 is 11.8 Å². The Morgan fingerprint density at radius 2 is 1.68 bits per heavy atom. The summed E-state index contributed by atoms with van der Waals surface area (Å²) < 4.78 is 3.59. The fraction of sp³-hybridized carbons (Fsp3) is 0.160. The summed E-state index contributed by atoms with van der Waals surface area (Å²) in [5.74, 6) is 1.27. The Labute approximate surface area is 200 Å². The summed E-state index contributed by atoms with van der Waals surface area (Å²) in [6.45, 7) is 0. The van der Waals surface area contributed by atoms with Crippen LogP contribution in [0.25, 0.3) is 22.4 Å². The minimum atomic E-state index is -0.119. The van der Waals surface area contributed by atoms with Gasteiger partial charge >= 0.3 is 0 Å². The third-order valence-electron chi connectivity index (χ3n) is 5.66. The molecule has 168 valence electrons. The van der Waals surface area contributed by atoms with Gasteiger partial charge in [0.15, 0.2) is 5.65 Å². The molecule has 3 heterocycles. The zero-order chi connectivity index (χ0) is 22.9. The Kier molecular flexibility index (Phi) is 5.31. The second kappa shape index (κ2) is 8.75. The van der Waals surface area contributed by atoms with Crippen molar-refractivity contribution < 1.29 is 4.79 Å². The Morgan fingerprint density at radius 1 is 0.971 bits per heavy atom. The quantitative estimate of drug-likeness (QED) is 0.278. The standard InChI is InChI=1S/C25H21N7OS/c33-23(29-22-13-21(17-11-12-17)30-31(22)18-7-3-1-4-8-18)15-34-25-20-14-28-32(24(20)26-16-27-25)19-9-5-2-6-10-19/h1-10,13-14,16-17H,11-12,15H2,(H,29,33). The van der Waals surface area contributed by atoms with Crippen LogP contribution < -0.4 is 5.32 Å². The van der Waals surface area contributed by atoms with Crippen molar-refractivity contribution in [2.24, 2.45) is 0 Å². The average Bonchev–Trinajstić information content (AvgIpc) is 3.50. The van der Waals surface area contributed by atoms with Gasteiger partial charge in [0.25, 0.3) is 0 Å². The van der Waals surface area contributed by atoms with Gasteiger partial charge in [-0.1, -0.05) is 48.2 Å². The largest absolute Gasteiger partial charge is 0.310 e. The molecule has 6 rings (SSSR count). The van der Waals surface area contributed by atoms with Crippen molar-refractivity contribution >= 4 is 34.5 Å². The summed E-state index contributed by atoms with van der Waals surface area (Å²) in [5.41, 5.74) is 3.58. The van der Waals surface area contributed by atoms with E-state index in [9.17, 15) is 4.79 Å². The van der Waals surface area contributed by atoms with Crippen molar-refractivity contribution in [1.82, 2.24) is 29.5 Å². The SMILES string of the molecule is O=C(CSc1ncnc2c1cnn2-c1ccccc1)Nc1cc(C2CC2)nn1-c1ccccc1. The van der Waals surface area contributed by atoms with Gasteiger partial charge in [-0.2, -0.15) is 10.2 Å². The summed E-state index contributed by atoms with van der Waals surface area (Å²) in [6, 6.07) is 21.7. The molecule has 1 fully saturated rings. The van der Waals surface area contributed by atoms with Crippen molar-refractivity contribution in [1.29, 1.82) is 0 Å². The van der Waals surface area contributed by atoms with E-state index in [0.717, 1.165) is 40.3 Å². The van der Waals surface area contributed by atoms with Crippen LogP contribution in [0.3, 0.4) is 0 Å². The van der Waals surface area contributed by atoms with E-state index >= 15 is 0 Å². The lowest BCUT2D eigenvalue weighted by molar-refractivity contribution is -0.113. The highest BCUT2D eigenvalue weighted by molar-refractivity contribution is 8.00. The molecule has 3 aromatic heterocycles. The van der Waals surface area contributed by atoms with E-state index in [1.165, 1.54) is 18.1 Å². The van der Waals surface area contributed by atoms with Crippen molar-refractivity contribution in [2.75, 3.05) is 11.1 Å². The summed E-state index contributed by atoms with van der Waals surface area (Å²) in [4.78, 5) is 21.7. The van der Waals surface area contributed by atoms with E-state index in [2.05, 4.69) is 20.4 Å². The number of para-hydroxylation sites is 2. The van der Waals surface area contributed by atoms with E-state index < -0.39 is 0 Å². The summed E-state index contributed by atoms with van der Waals surface area (Å²) >= 11 is 1.37. The van der Waals surface area contributed by atoms with Crippen LogP contribution in [0.4, 0.5) is 5.82 Å². The van der Waals surface area contributed by atoms with Gasteiger partial charge in [0.2, 0.25) is 5.91 Å². The number of fused-ring (bicyclic) bond motifs is 1. The number of carbonyl (C=O) groups excluding carboxylic acids is 1. The fourth-order valence-electron chi connectivity index (χ4n) is 3.84. The van der Waals surface area contributed by atoms with Crippen molar-refractivity contribution in [3.05, 3.63) is 84.9 Å². The lowest BCUT2D eigenvalue weighted by Crippen LogP contribution is -2.17. The average molecular weight is 468 g/mol. The first-order valence-corrected chi connectivity index (χ1v) is 12.1. The van der Waals surface area contributed by atoms with E-state index in [-0.39, 0.29) is 11.7 Å². The Balaban J connectivity index is 1.21.